The van der Waals surface area contributed by atoms with Crippen LogP contribution in [0.1, 0.15) is 34.0 Å². The Bertz CT molecular complexity index is 1210. The number of nitrogens with one attached hydrogen (secondary N) is 1. The molecule has 3 aromatic rings. The van der Waals surface area contributed by atoms with Crippen LogP contribution in [0.2, 0.25) is 0 Å². The molecule has 6 heteroatoms. The predicted molar refractivity (Wildman–Crippen MR) is 127 cm³/mol. The van der Waals surface area contributed by atoms with Crippen molar-refractivity contribution in [1.82, 2.24) is 0 Å². The van der Waals surface area contributed by atoms with Crippen LogP contribution >= 0.6 is 0 Å². The summed E-state index contributed by atoms with van der Waals surface area (Å²) in [4.78, 5) is 24.4. The van der Waals surface area contributed by atoms with Crippen LogP contribution in [0.4, 0.5) is 5.69 Å². The lowest BCUT2D eigenvalue weighted by atomic mass is 10.1. The van der Waals surface area contributed by atoms with Crippen molar-refractivity contribution >= 4 is 23.6 Å². The van der Waals surface area contributed by atoms with Crippen LogP contribution in [-0.2, 0) is 16.1 Å². The summed E-state index contributed by atoms with van der Waals surface area (Å²) in [5.74, 6) is -0.427. The molecular formula is C27H24N2O4. The number of rotatable bonds is 8. The Hall–Kier alpha value is -4.37. The Morgan fingerprint density at radius 2 is 1.79 bits per heavy atom. The Kier molecular flexibility index (Phi) is 7.98. The highest BCUT2D eigenvalue weighted by Gasteiger charge is 2.12. The maximum absolute atomic E-state index is 12.7. The van der Waals surface area contributed by atoms with Crippen molar-refractivity contribution in [2.45, 2.75) is 20.5 Å². The van der Waals surface area contributed by atoms with Gasteiger partial charge in [0.05, 0.1) is 12.2 Å². The third-order valence-electron chi connectivity index (χ3n) is 4.71. The van der Waals surface area contributed by atoms with E-state index in [2.05, 4.69) is 5.32 Å². The van der Waals surface area contributed by atoms with E-state index in [0.29, 0.717) is 29.2 Å². The summed E-state index contributed by atoms with van der Waals surface area (Å²) in [6.45, 7) is 4.40. The monoisotopic (exact) mass is 440 g/mol. The number of hydrogen-bond donors (Lipinski definition) is 1. The zero-order valence-electron chi connectivity index (χ0n) is 18.5. The molecule has 0 atom stereocenters. The Labute approximate surface area is 193 Å². The van der Waals surface area contributed by atoms with Gasteiger partial charge in [-0.3, -0.25) is 4.79 Å². The molecule has 166 valence electrons. The molecule has 0 radical (unpaired) electrons. The number of benzene rings is 3. The fraction of sp³-hybridized carbons (Fsp3) is 0.148. The summed E-state index contributed by atoms with van der Waals surface area (Å²) in [7, 11) is 0. The molecule has 0 aromatic heterocycles. The second-order valence-corrected chi connectivity index (χ2v) is 7.24. The van der Waals surface area contributed by atoms with Crippen LogP contribution < -0.4 is 10.1 Å². The Morgan fingerprint density at radius 1 is 1.03 bits per heavy atom. The van der Waals surface area contributed by atoms with E-state index in [4.69, 9.17) is 9.47 Å². The second kappa shape index (κ2) is 11.3. The molecule has 6 nitrogen and oxygen atoms in total. The number of anilines is 1. The number of hydrogen-bond acceptors (Lipinski definition) is 5. The highest BCUT2D eigenvalue weighted by Crippen LogP contribution is 2.23. The third kappa shape index (κ3) is 6.55. The molecule has 0 fully saturated rings. The number of amides is 1. The van der Waals surface area contributed by atoms with Crippen molar-refractivity contribution in [3.8, 4) is 11.8 Å². The van der Waals surface area contributed by atoms with Gasteiger partial charge in [0.2, 0.25) is 0 Å². The lowest BCUT2D eigenvalue weighted by molar-refractivity contribution is -0.112. The van der Waals surface area contributed by atoms with E-state index in [0.717, 1.165) is 11.1 Å². The molecule has 0 saturated heterocycles. The summed E-state index contributed by atoms with van der Waals surface area (Å²) in [6, 6.07) is 23.4. The standard InChI is InChI=1S/C27H24N2O4/c1-3-32-27(31)21-11-13-24(14-12-21)29-26(30)23(17-28)16-22-9-4-5-10-25(22)33-18-20-8-6-7-19(2)15-20/h4-16H,3,18H2,1-2H3,(H,29,30)/b23-16+. The van der Waals surface area contributed by atoms with Crippen LogP contribution in [0.5, 0.6) is 5.75 Å². The maximum Gasteiger partial charge on any atom is 0.338 e. The molecule has 0 aliphatic rings. The first-order chi connectivity index (χ1) is 16.0. The Balaban J connectivity index is 1.73. The van der Waals surface area contributed by atoms with Crippen LogP contribution in [0.15, 0.2) is 78.4 Å². The summed E-state index contributed by atoms with van der Waals surface area (Å²) in [6.07, 6.45) is 1.49. The van der Waals surface area contributed by atoms with Crippen LogP contribution in [0.25, 0.3) is 6.08 Å². The Morgan fingerprint density at radius 3 is 2.48 bits per heavy atom. The van der Waals surface area contributed by atoms with E-state index >= 15 is 0 Å². The fourth-order valence-corrected chi connectivity index (χ4v) is 3.10. The fourth-order valence-electron chi connectivity index (χ4n) is 3.10. The third-order valence-corrected chi connectivity index (χ3v) is 4.71. The number of aryl methyl sites for hydroxylation is 1. The highest BCUT2D eigenvalue weighted by atomic mass is 16.5. The number of carbonyl (C=O) groups excluding carboxylic acids is 2. The average molecular weight is 440 g/mol. The molecular weight excluding hydrogens is 416 g/mol. The number of carbonyl (C=O) groups is 2. The van der Waals surface area contributed by atoms with Gasteiger partial charge in [0.25, 0.3) is 5.91 Å². The molecule has 3 aromatic carbocycles. The first-order valence-electron chi connectivity index (χ1n) is 10.5. The quantitative estimate of drug-likeness (QED) is 0.292. The molecule has 3 rings (SSSR count). The molecule has 0 bridgehead atoms. The summed E-state index contributed by atoms with van der Waals surface area (Å²) >= 11 is 0. The molecule has 0 saturated carbocycles. The highest BCUT2D eigenvalue weighted by molar-refractivity contribution is 6.10. The molecule has 0 aliphatic carbocycles. The van der Waals surface area contributed by atoms with Crippen molar-refractivity contribution in [2.24, 2.45) is 0 Å². The van der Waals surface area contributed by atoms with Gasteiger partial charge in [0.15, 0.2) is 0 Å². The minimum atomic E-state index is -0.560. The first kappa shape index (κ1) is 23.3. The van der Waals surface area contributed by atoms with Gasteiger partial charge in [0, 0.05) is 11.3 Å². The van der Waals surface area contributed by atoms with Crippen molar-refractivity contribution in [1.29, 1.82) is 5.26 Å². The van der Waals surface area contributed by atoms with E-state index in [1.165, 1.54) is 6.08 Å². The van der Waals surface area contributed by atoms with Crippen molar-refractivity contribution in [2.75, 3.05) is 11.9 Å². The van der Waals surface area contributed by atoms with E-state index in [-0.39, 0.29) is 12.2 Å². The number of nitriles is 1. The normalized spacial score (nSPS) is 10.8. The molecule has 0 spiro atoms. The molecule has 1 amide bonds. The van der Waals surface area contributed by atoms with Crippen LogP contribution in [0.3, 0.4) is 0 Å². The second-order valence-electron chi connectivity index (χ2n) is 7.24. The summed E-state index contributed by atoms with van der Waals surface area (Å²) in [5, 5.41) is 12.2. The van der Waals surface area contributed by atoms with E-state index < -0.39 is 11.9 Å². The molecule has 33 heavy (non-hydrogen) atoms. The molecule has 0 aliphatic heterocycles. The van der Waals surface area contributed by atoms with Gasteiger partial charge >= 0.3 is 5.97 Å². The van der Waals surface area contributed by atoms with Crippen molar-refractivity contribution in [3.05, 3.63) is 101 Å². The van der Waals surface area contributed by atoms with E-state index in [1.54, 1.807) is 43.3 Å². The van der Waals surface area contributed by atoms with Crippen molar-refractivity contribution < 1.29 is 19.1 Å². The van der Waals surface area contributed by atoms with E-state index in [1.807, 2.05) is 49.4 Å². The van der Waals surface area contributed by atoms with Crippen LogP contribution in [-0.4, -0.2) is 18.5 Å². The van der Waals surface area contributed by atoms with Gasteiger partial charge in [-0.05, 0) is 55.8 Å². The van der Waals surface area contributed by atoms with Gasteiger partial charge in [-0.1, -0.05) is 48.0 Å². The molecule has 0 unspecified atom stereocenters. The topological polar surface area (TPSA) is 88.4 Å². The first-order valence-corrected chi connectivity index (χ1v) is 10.5. The van der Waals surface area contributed by atoms with Gasteiger partial charge in [0.1, 0.15) is 24.0 Å². The van der Waals surface area contributed by atoms with Crippen molar-refractivity contribution in [3.63, 3.8) is 0 Å². The predicted octanol–water partition coefficient (Wildman–Crippen LogP) is 5.30. The zero-order chi connectivity index (χ0) is 23.6. The van der Waals surface area contributed by atoms with E-state index in [9.17, 15) is 14.9 Å². The lowest BCUT2D eigenvalue weighted by Gasteiger charge is -2.10. The lowest BCUT2D eigenvalue weighted by Crippen LogP contribution is -2.13. The van der Waals surface area contributed by atoms with Gasteiger partial charge < -0.3 is 14.8 Å². The zero-order valence-corrected chi connectivity index (χ0v) is 18.5. The van der Waals surface area contributed by atoms with Crippen LogP contribution in [0, 0.1) is 18.3 Å². The minimum Gasteiger partial charge on any atom is -0.488 e. The summed E-state index contributed by atoms with van der Waals surface area (Å²) < 4.78 is 10.9. The summed E-state index contributed by atoms with van der Waals surface area (Å²) in [5.41, 5.74) is 3.55. The average Bonchev–Trinajstić information content (AvgIpc) is 2.82. The van der Waals surface area contributed by atoms with Gasteiger partial charge in [-0.2, -0.15) is 5.26 Å². The largest absolute Gasteiger partial charge is 0.488 e. The molecule has 1 N–H and O–H groups in total. The minimum absolute atomic E-state index is 0.0731. The van der Waals surface area contributed by atoms with Gasteiger partial charge in [-0.25, -0.2) is 4.79 Å². The molecule has 0 heterocycles. The number of esters is 1. The van der Waals surface area contributed by atoms with Gasteiger partial charge in [-0.15, -0.1) is 0 Å². The smallest absolute Gasteiger partial charge is 0.338 e. The number of ether oxygens (including phenoxy) is 2. The maximum atomic E-state index is 12.7. The SMILES string of the molecule is CCOC(=O)c1ccc(NC(=O)/C(C#N)=C/c2ccccc2OCc2cccc(C)c2)cc1. The number of para-hydroxylation sites is 1. The number of nitrogens with zero attached hydrogens (tertiary/aromatic N) is 1.